The van der Waals surface area contributed by atoms with Crippen LogP contribution in [0.25, 0.3) is 21.5 Å². The highest BCUT2D eigenvalue weighted by Gasteiger charge is 2.22. The van der Waals surface area contributed by atoms with Crippen LogP contribution in [-0.4, -0.2) is 22.3 Å². The fourth-order valence-corrected chi connectivity index (χ4v) is 5.33. The predicted octanol–water partition coefficient (Wildman–Crippen LogP) is 8.40. The molecule has 0 aliphatic heterocycles. The minimum absolute atomic E-state index is 0.0767. The van der Waals surface area contributed by atoms with Gasteiger partial charge in [-0.1, -0.05) is 83.9 Å². The first-order valence-electron chi connectivity index (χ1n) is 12.2. The Balaban J connectivity index is 1.59. The summed E-state index contributed by atoms with van der Waals surface area (Å²) >= 11 is 12.5. The van der Waals surface area contributed by atoms with Crippen LogP contribution in [-0.2, 0) is 13.0 Å². The van der Waals surface area contributed by atoms with E-state index in [0.29, 0.717) is 35.1 Å². The standard InChI is InChI=1S/C31H24Cl2N2O3/c1-20-10-11-24(17-30(20)35(37)38)31(36)34(15-14-21-12-13-25(32)18-29(21)33)19-28-26-8-4-2-6-22(26)16-23-7-3-5-9-27(23)28/h2-13,16-18H,14-15,19H2,1H3. The number of nitrogens with zero attached hydrogens (tertiary/aromatic N) is 2. The molecule has 5 aromatic carbocycles. The highest BCUT2D eigenvalue weighted by Crippen LogP contribution is 2.31. The molecule has 0 fully saturated rings. The molecule has 0 saturated carbocycles. The predicted molar refractivity (Wildman–Crippen MR) is 154 cm³/mol. The average Bonchev–Trinajstić information content (AvgIpc) is 2.91. The van der Waals surface area contributed by atoms with Crippen molar-refractivity contribution >= 4 is 56.3 Å². The minimum Gasteiger partial charge on any atom is -0.334 e. The smallest absolute Gasteiger partial charge is 0.273 e. The van der Waals surface area contributed by atoms with E-state index >= 15 is 0 Å². The SMILES string of the molecule is Cc1ccc(C(=O)N(CCc2ccc(Cl)cc2Cl)Cc2c3ccccc3cc3ccccc23)cc1[N+](=O)[O-]. The lowest BCUT2D eigenvalue weighted by Gasteiger charge is -2.25. The summed E-state index contributed by atoms with van der Waals surface area (Å²) in [6, 6.07) is 28.3. The third kappa shape index (κ3) is 5.21. The van der Waals surface area contributed by atoms with Crippen molar-refractivity contribution < 1.29 is 9.72 Å². The summed E-state index contributed by atoms with van der Waals surface area (Å²) in [4.78, 5) is 26.8. The first-order valence-corrected chi connectivity index (χ1v) is 12.9. The number of rotatable bonds is 7. The van der Waals surface area contributed by atoms with Crippen LogP contribution in [0.5, 0.6) is 0 Å². The lowest BCUT2D eigenvalue weighted by molar-refractivity contribution is -0.385. The third-order valence-corrected chi connectivity index (χ3v) is 7.42. The quantitative estimate of drug-likeness (QED) is 0.118. The van der Waals surface area contributed by atoms with E-state index in [2.05, 4.69) is 30.3 Å². The molecule has 190 valence electrons. The van der Waals surface area contributed by atoms with Gasteiger partial charge in [-0.25, -0.2) is 0 Å². The van der Waals surface area contributed by atoms with E-state index in [4.69, 9.17) is 23.2 Å². The number of benzene rings is 5. The van der Waals surface area contributed by atoms with E-state index < -0.39 is 4.92 Å². The van der Waals surface area contributed by atoms with Crippen molar-refractivity contribution in [1.82, 2.24) is 4.90 Å². The van der Waals surface area contributed by atoms with Gasteiger partial charge in [0.05, 0.1) is 4.92 Å². The van der Waals surface area contributed by atoms with Crippen molar-refractivity contribution in [3.05, 3.63) is 133 Å². The zero-order chi connectivity index (χ0) is 26.8. The molecule has 0 radical (unpaired) electrons. The zero-order valence-electron chi connectivity index (χ0n) is 20.7. The number of fused-ring (bicyclic) bond motifs is 2. The topological polar surface area (TPSA) is 63.5 Å². The molecule has 0 saturated heterocycles. The van der Waals surface area contributed by atoms with Gasteiger partial charge in [0.15, 0.2) is 0 Å². The monoisotopic (exact) mass is 542 g/mol. The van der Waals surface area contributed by atoms with Crippen molar-refractivity contribution in [1.29, 1.82) is 0 Å². The van der Waals surface area contributed by atoms with Crippen LogP contribution in [0, 0.1) is 17.0 Å². The van der Waals surface area contributed by atoms with Crippen LogP contribution in [0.3, 0.4) is 0 Å². The fourth-order valence-electron chi connectivity index (χ4n) is 4.82. The van der Waals surface area contributed by atoms with Gasteiger partial charge in [-0.2, -0.15) is 0 Å². The van der Waals surface area contributed by atoms with E-state index in [1.807, 2.05) is 30.3 Å². The van der Waals surface area contributed by atoms with Crippen LogP contribution in [0.2, 0.25) is 10.0 Å². The fraction of sp³-hybridized carbons (Fsp3) is 0.129. The third-order valence-electron chi connectivity index (χ3n) is 6.84. The maximum absolute atomic E-state index is 13.9. The van der Waals surface area contributed by atoms with E-state index in [1.165, 1.54) is 6.07 Å². The molecule has 5 nitrogen and oxygen atoms in total. The number of hydrogen-bond donors (Lipinski definition) is 0. The van der Waals surface area contributed by atoms with Crippen LogP contribution < -0.4 is 0 Å². The van der Waals surface area contributed by atoms with Gasteiger partial charge in [-0.05, 0) is 70.3 Å². The Kier molecular flexibility index (Phi) is 7.32. The van der Waals surface area contributed by atoms with Crippen molar-refractivity contribution in [2.24, 2.45) is 0 Å². The highest BCUT2D eigenvalue weighted by atomic mass is 35.5. The maximum atomic E-state index is 13.9. The van der Waals surface area contributed by atoms with Gasteiger partial charge >= 0.3 is 0 Å². The number of aryl methyl sites for hydroxylation is 1. The van der Waals surface area contributed by atoms with Gasteiger partial charge in [0.2, 0.25) is 0 Å². The van der Waals surface area contributed by atoms with Gasteiger partial charge in [-0.15, -0.1) is 0 Å². The molecule has 5 rings (SSSR count). The molecule has 0 atom stereocenters. The molecule has 0 unspecified atom stereocenters. The normalized spacial score (nSPS) is 11.1. The largest absolute Gasteiger partial charge is 0.334 e. The Morgan fingerprint density at radius 2 is 1.53 bits per heavy atom. The molecular weight excluding hydrogens is 519 g/mol. The van der Waals surface area contributed by atoms with Crippen molar-refractivity contribution in [2.45, 2.75) is 19.9 Å². The molecule has 1 amide bonds. The molecule has 38 heavy (non-hydrogen) atoms. The molecule has 0 aliphatic carbocycles. The molecule has 0 aromatic heterocycles. The number of carbonyl (C=O) groups is 1. The molecule has 0 N–H and O–H groups in total. The summed E-state index contributed by atoms with van der Waals surface area (Å²) in [5.74, 6) is -0.282. The Morgan fingerprint density at radius 3 is 2.16 bits per heavy atom. The number of halogens is 2. The summed E-state index contributed by atoms with van der Waals surface area (Å²) in [6.07, 6.45) is 0.498. The number of carbonyl (C=O) groups excluding carboxylic acids is 1. The minimum atomic E-state index is -0.456. The molecule has 5 aromatic rings. The second-order valence-electron chi connectivity index (χ2n) is 9.27. The van der Waals surface area contributed by atoms with Gasteiger partial charge in [0.1, 0.15) is 0 Å². The Labute approximate surface area is 230 Å². The van der Waals surface area contributed by atoms with Gasteiger partial charge in [-0.3, -0.25) is 14.9 Å². The van der Waals surface area contributed by atoms with Crippen molar-refractivity contribution in [3.63, 3.8) is 0 Å². The molecule has 0 heterocycles. The second kappa shape index (κ2) is 10.8. The van der Waals surface area contributed by atoms with E-state index in [9.17, 15) is 14.9 Å². The maximum Gasteiger partial charge on any atom is 0.273 e. The Hall–Kier alpha value is -3.93. The molecule has 0 aliphatic rings. The summed E-state index contributed by atoms with van der Waals surface area (Å²) in [5.41, 5.74) is 2.59. The van der Waals surface area contributed by atoms with Crippen LogP contribution >= 0.6 is 23.2 Å². The Bertz CT molecular complexity index is 1650. The van der Waals surface area contributed by atoms with Crippen LogP contribution in [0.1, 0.15) is 27.0 Å². The lowest BCUT2D eigenvalue weighted by atomic mass is 9.96. The summed E-state index contributed by atoms with van der Waals surface area (Å²) in [6.45, 7) is 2.35. The number of hydrogen-bond acceptors (Lipinski definition) is 3. The van der Waals surface area contributed by atoms with E-state index in [0.717, 1.165) is 32.7 Å². The summed E-state index contributed by atoms with van der Waals surface area (Å²) < 4.78 is 0. The number of nitro benzene ring substituents is 1. The van der Waals surface area contributed by atoms with Gasteiger partial charge < -0.3 is 4.90 Å². The van der Waals surface area contributed by atoms with Crippen molar-refractivity contribution in [3.8, 4) is 0 Å². The first-order chi connectivity index (χ1) is 18.3. The lowest BCUT2D eigenvalue weighted by Crippen LogP contribution is -2.33. The van der Waals surface area contributed by atoms with E-state index in [1.54, 1.807) is 36.1 Å². The Morgan fingerprint density at radius 1 is 0.868 bits per heavy atom. The molecule has 7 heteroatoms. The zero-order valence-corrected chi connectivity index (χ0v) is 22.2. The summed E-state index contributed by atoms with van der Waals surface area (Å²) in [5, 5.41) is 16.9. The number of amides is 1. The number of nitro groups is 1. The summed E-state index contributed by atoms with van der Waals surface area (Å²) in [7, 11) is 0. The average molecular weight is 543 g/mol. The second-order valence-corrected chi connectivity index (χ2v) is 10.1. The van der Waals surface area contributed by atoms with Gasteiger partial charge in [0.25, 0.3) is 11.6 Å². The van der Waals surface area contributed by atoms with Crippen LogP contribution in [0.15, 0.2) is 91.0 Å². The highest BCUT2D eigenvalue weighted by molar-refractivity contribution is 6.35. The van der Waals surface area contributed by atoms with Crippen molar-refractivity contribution in [2.75, 3.05) is 6.54 Å². The van der Waals surface area contributed by atoms with Gasteiger partial charge in [0, 0.05) is 40.3 Å². The molecule has 0 bridgehead atoms. The molecular formula is C31H24Cl2N2O3. The van der Waals surface area contributed by atoms with E-state index in [-0.39, 0.29) is 17.2 Å². The van der Waals surface area contributed by atoms with Crippen LogP contribution in [0.4, 0.5) is 5.69 Å². The first kappa shape index (κ1) is 25.7. The molecule has 0 spiro atoms.